The average molecular weight is 494 g/mol. The van der Waals surface area contributed by atoms with Gasteiger partial charge in [-0.15, -0.1) is 13.2 Å². The number of aromatic nitrogens is 3. The predicted molar refractivity (Wildman–Crippen MR) is 116 cm³/mol. The highest BCUT2D eigenvalue weighted by molar-refractivity contribution is 6.11. The largest absolute Gasteiger partial charge is 0.573 e. The van der Waals surface area contributed by atoms with Gasteiger partial charge in [-0.2, -0.15) is 0 Å². The zero-order valence-electron chi connectivity index (χ0n) is 18.2. The number of alkyl halides is 4. The molecule has 1 saturated carbocycles. The Balaban J connectivity index is 1.48. The number of anilines is 1. The molecule has 3 aromatic rings. The van der Waals surface area contributed by atoms with Gasteiger partial charge < -0.3 is 24.8 Å². The van der Waals surface area contributed by atoms with Crippen LogP contribution in [-0.2, 0) is 6.54 Å². The van der Waals surface area contributed by atoms with E-state index in [2.05, 4.69) is 20.0 Å². The van der Waals surface area contributed by atoms with E-state index in [1.165, 1.54) is 43.0 Å². The van der Waals surface area contributed by atoms with Crippen molar-refractivity contribution in [2.24, 2.45) is 5.92 Å². The van der Waals surface area contributed by atoms with Crippen LogP contribution >= 0.6 is 0 Å². The van der Waals surface area contributed by atoms with E-state index < -0.39 is 36.4 Å². The molecule has 8 nitrogen and oxygen atoms in total. The van der Waals surface area contributed by atoms with Crippen molar-refractivity contribution < 1.29 is 37.3 Å². The summed E-state index contributed by atoms with van der Waals surface area (Å²) in [6.45, 7) is -0.182. The maximum absolute atomic E-state index is 14.5. The molecule has 4 rings (SSSR count). The molecule has 35 heavy (non-hydrogen) atoms. The van der Waals surface area contributed by atoms with Crippen LogP contribution in [0.4, 0.5) is 23.4 Å². The number of hydrogen-bond donors (Lipinski definition) is 3. The summed E-state index contributed by atoms with van der Waals surface area (Å²) >= 11 is 0. The standard InChI is InChI=1S/C23H22F4N4O4/c24-19-18(7-15(11-32)21(19)34)30-22-17(8-28-12-29-22)20(33)14-4-5-31(10-14)9-13-2-1-3-16(6-13)35-23(25,26)27/h1-6,8,10,12,15,18-19,21,32,34H,7,9,11H2,(H,28,29,30)/t15-,18-,19-,21-/m1/s1. The van der Waals surface area contributed by atoms with Crippen molar-refractivity contribution in [3.8, 4) is 5.75 Å². The van der Waals surface area contributed by atoms with Gasteiger partial charge in [0.25, 0.3) is 0 Å². The molecule has 2 heterocycles. The quantitative estimate of drug-likeness (QED) is 0.326. The van der Waals surface area contributed by atoms with Gasteiger partial charge in [-0.05, 0) is 30.2 Å². The number of nitrogens with zero attached hydrogens (tertiary/aromatic N) is 3. The van der Waals surface area contributed by atoms with Crippen LogP contribution in [0.25, 0.3) is 0 Å². The molecule has 1 aliphatic carbocycles. The first-order chi connectivity index (χ1) is 16.6. The molecule has 1 aliphatic rings. The molecule has 0 radical (unpaired) electrons. The summed E-state index contributed by atoms with van der Waals surface area (Å²) in [5.74, 6) is -1.33. The lowest BCUT2D eigenvalue weighted by Gasteiger charge is -2.18. The molecule has 3 N–H and O–H groups in total. The summed E-state index contributed by atoms with van der Waals surface area (Å²) in [5, 5.41) is 22.1. The lowest BCUT2D eigenvalue weighted by molar-refractivity contribution is -0.274. The summed E-state index contributed by atoms with van der Waals surface area (Å²) < 4.78 is 57.4. The SMILES string of the molecule is O=C(c1ccn(Cc2cccc(OC(F)(F)F)c2)c1)c1cncnc1N[C@@H]1C[C@H](CO)[C@@H](O)[C@@H]1F. The van der Waals surface area contributed by atoms with Gasteiger partial charge in [-0.1, -0.05) is 12.1 Å². The topological polar surface area (TPSA) is 110 Å². The molecular formula is C23H22F4N4O4. The van der Waals surface area contributed by atoms with E-state index in [1.54, 1.807) is 16.8 Å². The van der Waals surface area contributed by atoms with Crippen molar-refractivity contribution in [2.75, 3.05) is 11.9 Å². The number of nitrogens with one attached hydrogen (secondary N) is 1. The van der Waals surface area contributed by atoms with Crippen molar-refractivity contribution in [3.05, 3.63) is 71.9 Å². The van der Waals surface area contributed by atoms with Crippen LogP contribution in [-0.4, -0.2) is 61.8 Å². The van der Waals surface area contributed by atoms with Gasteiger partial charge >= 0.3 is 6.36 Å². The lowest BCUT2D eigenvalue weighted by atomic mass is 10.1. The van der Waals surface area contributed by atoms with E-state index >= 15 is 0 Å². The van der Waals surface area contributed by atoms with Crippen LogP contribution in [0.15, 0.2) is 55.2 Å². The van der Waals surface area contributed by atoms with E-state index in [9.17, 15) is 32.6 Å². The third-order valence-electron chi connectivity index (χ3n) is 5.77. The van der Waals surface area contributed by atoms with Crippen LogP contribution in [0.3, 0.4) is 0 Å². The van der Waals surface area contributed by atoms with Gasteiger partial charge in [0.15, 0.2) is 5.78 Å². The number of halogens is 4. The van der Waals surface area contributed by atoms with Crippen molar-refractivity contribution in [1.82, 2.24) is 14.5 Å². The number of ether oxygens (including phenoxy) is 1. The fourth-order valence-electron chi connectivity index (χ4n) is 4.08. The highest BCUT2D eigenvalue weighted by Crippen LogP contribution is 2.31. The Labute approximate surface area is 197 Å². The van der Waals surface area contributed by atoms with Crippen LogP contribution in [0.1, 0.15) is 27.9 Å². The number of aliphatic hydroxyl groups is 2. The molecule has 12 heteroatoms. The minimum Gasteiger partial charge on any atom is -0.406 e. The van der Waals surface area contributed by atoms with Crippen molar-refractivity contribution in [2.45, 2.75) is 37.6 Å². The van der Waals surface area contributed by atoms with Crippen LogP contribution in [0.2, 0.25) is 0 Å². The van der Waals surface area contributed by atoms with Gasteiger partial charge in [0.05, 0.1) is 17.7 Å². The zero-order valence-corrected chi connectivity index (χ0v) is 18.2. The second kappa shape index (κ2) is 10.0. The van der Waals surface area contributed by atoms with E-state index in [4.69, 9.17) is 0 Å². The molecular weight excluding hydrogens is 472 g/mol. The second-order valence-electron chi connectivity index (χ2n) is 8.25. The minimum absolute atomic E-state index is 0.0833. The number of hydrogen-bond acceptors (Lipinski definition) is 7. The van der Waals surface area contributed by atoms with Crippen LogP contribution < -0.4 is 10.1 Å². The summed E-state index contributed by atoms with van der Waals surface area (Å²) in [4.78, 5) is 21.0. The molecule has 2 aromatic heterocycles. The Morgan fingerprint density at radius 2 is 2.09 bits per heavy atom. The van der Waals surface area contributed by atoms with Gasteiger partial charge in [0.1, 0.15) is 24.1 Å². The van der Waals surface area contributed by atoms with E-state index in [0.717, 1.165) is 0 Å². The summed E-state index contributed by atoms with van der Waals surface area (Å²) in [7, 11) is 0. The van der Waals surface area contributed by atoms with Crippen molar-refractivity contribution in [3.63, 3.8) is 0 Å². The van der Waals surface area contributed by atoms with Gasteiger partial charge in [0, 0.05) is 43.2 Å². The number of benzene rings is 1. The van der Waals surface area contributed by atoms with Gasteiger partial charge in [0.2, 0.25) is 0 Å². The number of rotatable bonds is 8. The molecule has 0 saturated heterocycles. The Morgan fingerprint density at radius 3 is 2.80 bits per heavy atom. The zero-order chi connectivity index (χ0) is 25.2. The molecule has 0 spiro atoms. The van der Waals surface area contributed by atoms with Crippen LogP contribution in [0, 0.1) is 5.92 Å². The highest BCUT2D eigenvalue weighted by atomic mass is 19.4. The van der Waals surface area contributed by atoms with Gasteiger partial charge in [-0.25, -0.2) is 14.4 Å². The summed E-state index contributed by atoms with van der Waals surface area (Å²) in [6, 6.07) is 6.20. The number of aliphatic hydroxyl groups excluding tert-OH is 2. The molecule has 1 fully saturated rings. The normalized spacial score (nSPS) is 22.2. The third kappa shape index (κ3) is 5.77. The first-order valence-electron chi connectivity index (χ1n) is 10.7. The third-order valence-corrected chi connectivity index (χ3v) is 5.77. The molecule has 1 aromatic carbocycles. The number of carbonyl (C=O) groups is 1. The Kier molecular flexibility index (Phi) is 7.03. The van der Waals surface area contributed by atoms with Crippen molar-refractivity contribution >= 4 is 11.6 Å². The van der Waals surface area contributed by atoms with E-state index in [1.807, 2.05) is 0 Å². The molecule has 186 valence electrons. The lowest BCUT2D eigenvalue weighted by Crippen LogP contribution is -2.32. The smallest absolute Gasteiger partial charge is 0.406 e. The number of carbonyl (C=O) groups excluding carboxylic acids is 1. The molecule has 0 unspecified atom stereocenters. The predicted octanol–water partition coefficient (Wildman–Crippen LogP) is 2.95. The maximum Gasteiger partial charge on any atom is 0.573 e. The Hall–Kier alpha value is -3.51. The summed E-state index contributed by atoms with van der Waals surface area (Å²) in [6.07, 6.45) is -2.02. The van der Waals surface area contributed by atoms with Gasteiger partial charge in [-0.3, -0.25) is 4.79 Å². The first kappa shape index (κ1) is 24.6. The monoisotopic (exact) mass is 494 g/mol. The fourth-order valence-corrected chi connectivity index (χ4v) is 4.08. The molecule has 0 aliphatic heterocycles. The first-order valence-corrected chi connectivity index (χ1v) is 10.7. The molecule has 0 amide bonds. The second-order valence-corrected chi connectivity index (χ2v) is 8.25. The van der Waals surface area contributed by atoms with E-state index in [-0.39, 0.29) is 42.3 Å². The molecule has 4 atom stereocenters. The Bertz CT molecular complexity index is 1190. The molecule has 0 bridgehead atoms. The minimum atomic E-state index is -4.80. The van der Waals surface area contributed by atoms with Crippen LogP contribution in [0.5, 0.6) is 5.75 Å². The maximum atomic E-state index is 14.5. The van der Waals surface area contributed by atoms with E-state index in [0.29, 0.717) is 5.56 Å². The highest BCUT2D eigenvalue weighted by Gasteiger charge is 2.43. The van der Waals surface area contributed by atoms with Crippen molar-refractivity contribution in [1.29, 1.82) is 0 Å². The number of ketones is 1. The average Bonchev–Trinajstić information content (AvgIpc) is 3.38. The Morgan fingerprint density at radius 1 is 1.29 bits per heavy atom. The fraction of sp³-hybridized carbons (Fsp3) is 0.348. The summed E-state index contributed by atoms with van der Waals surface area (Å²) in [5.41, 5.74) is 0.876.